The predicted molar refractivity (Wildman–Crippen MR) is 103 cm³/mol. The molecule has 2 aromatic carbocycles. The third-order valence-electron chi connectivity index (χ3n) is 4.98. The second-order valence-electron chi connectivity index (χ2n) is 6.87. The number of anilines is 1. The standard InChI is InChI=1S/C21H23N3O/c1-14-10-12-15(13-11-14)19-20(17-8-4-5-9-18(17)23-19)24-21(25)22-16-6-2-3-7-16/h4-5,8-13,16,23H,2-3,6-7H2,1H3,(H2,22,24,25). The molecule has 1 heterocycles. The number of rotatable bonds is 3. The molecule has 1 saturated carbocycles. The Morgan fingerprint density at radius 2 is 1.76 bits per heavy atom. The molecule has 1 aromatic heterocycles. The van der Waals surface area contributed by atoms with E-state index >= 15 is 0 Å². The van der Waals surface area contributed by atoms with Crippen LogP contribution < -0.4 is 10.6 Å². The van der Waals surface area contributed by atoms with Gasteiger partial charge in [0.2, 0.25) is 0 Å². The average Bonchev–Trinajstić information content (AvgIpc) is 3.24. The Morgan fingerprint density at radius 1 is 1.04 bits per heavy atom. The molecular formula is C21H23N3O. The van der Waals surface area contributed by atoms with Gasteiger partial charge in [-0.1, -0.05) is 60.9 Å². The van der Waals surface area contributed by atoms with Crippen LogP contribution >= 0.6 is 0 Å². The summed E-state index contributed by atoms with van der Waals surface area (Å²) in [6, 6.07) is 16.6. The number of aromatic nitrogens is 1. The van der Waals surface area contributed by atoms with Crippen LogP contribution in [0, 0.1) is 6.92 Å². The lowest BCUT2D eigenvalue weighted by Gasteiger charge is -2.14. The van der Waals surface area contributed by atoms with Crippen molar-refractivity contribution in [3.63, 3.8) is 0 Å². The van der Waals surface area contributed by atoms with E-state index in [1.54, 1.807) is 0 Å². The minimum Gasteiger partial charge on any atom is -0.353 e. The summed E-state index contributed by atoms with van der Waals surface area (Å²) in [5.41, 5.74) is 5.10. The lowest BCUT2D eigenvalue weighted by atomic mass is 10.1. The van der Waals surface area contributed by atoms with E-state index in [2.05, 4.69) is 46.8 Å². The van der Waals surface area contributed by atoms with Gasteiger partial charge in [0.25, 0.3) is 0 Å². The minimum atomic E-state index is -0.120. The fourth-order valence-corrected chi connectivity index (χ4v) is 3.61. The number of fused-ring (bicyclic) bond motifs is 1. The van der Waals surface area contributed by atoms with Crippen LogP contribution in [0.1, 0.15) is 31.2 Å². The molecule has 4 rings (SSSR count). The van der Waals surface area contributed by atoms with Crippen LogP contribution in [0.25, 0.3) is 22.2 Å². The van der Waals surface area contributed by atoms with E-state index in [1.165, 1.54) is 18.4 Å². The SMILES string of the molecule is Cc1ccc(-c2[nH]c3ccccc3c2NC(=O)NC2CCCC2)cc1. The highest BCUT2D eigenvalue weighted by Crippen LogP contribution is 2.35. The van der Waals surface area contributed by atoms with E-state index in [1.807, 2.05) is 24.3 Å². The highest BCUT2D eigenvalue weighted by atomic mass is 16.2. The molecular weight excluding hydrogens is 310 g/mol. The highest BCUT2D eigenvalue weighted by Gasteiger charge is 2.19. The van der Waals surface area contributed by atoms with Gasteiger partial charge in [0, 0.05) is 22.5 Å². The van der Waals surface area contributed by atoms with Crippen LogP contribution in [0.3, 0.4) is 0 Å². The first-order chi connectivity index (χ1) is 12.2. The number of hydrogen-bond acceptors (Lipinski definition) is 1. The number of aromatic amines is 1. The quantitative estimate of drug-likeness (QED) is 0.605. The van der Waals surface area contributed by atoms with Crippen molar-refractivity contribution in [3.8, 4) is 11.3 Å². The van der Waals surface area contributed by atoms with E-state index in [0.717, 1.165) is 40.7 Å². The molecule has 25 heavy (non-hydrogen) atoms. The molecule has 0 saturated heterocycles. The maximum Gasteiger partial charge on any atom is 0.319 e. The van der Waals surface area contributed by atoms with Gasteiger partial charge in [0.05, 0.1) is 11.4 Å². The number of amides is 2. The van der Waals surface area contributed by atoms with Gasteiger partial charge in [-0.2, -0.15) is 0 Å². The molecule has 0 bridgehead atoms. The van der Waals surface area contributed by atoms with Gasteiger partial charge in [-0.15, -0.1) is 0 Å². The molecule has 1 aliphatic rings. The van der Waals surface area contributed by atoms with E-state index in [4.69, 9.17) is 0 Å². The first kappa shape index (κ1) is 15.8. The molecule has 0 spiro atoms. The third kappa shape index (κ3) is 3.25. The molecule has 0 atom stereocenters. The Labute approximate surface area is 147 Å². The number of hydrogen-bond donors (Lipinski definition) is 3. The second-order valence-corrected chi connectivity index (χ2v) is 6.87. The zero-order valence-electron chi connectivity index (χ0n) is 14.4. The van der Waals surface area contributed by atoms with Crippen molar-refractivity contribution in [3.05, 3.63) is 54.1 Å². The van der Waals surface area contributed by atoms with Crippen LogP contribution in [-0.2, 0) is 0 Å². The Kier molecular flexibility index (Phi) is 4.18. The lowest BCUT2D eigenvalue weighted by Crippen LogP contribution is -2.36. The average molecular weight is 333 g/mol. The van der Waals surface area contributed by atoms with Gasteiger partial charge in [-0.05, 0) is 25.8 Å². The third-order valence-corrected chi connectivity index (χ3v) is 4.98. The fraction of sp³-hybridized carbons (Fsp3) is 0.286. The van der Waals surface area contributed by atoms with Crippen LogP contribution in [0.4, 0.5) is 10.5 Å². The van der Waals surface area contributed by atoms with Gasteiger partial charge in [0.15, 0.2) is 0 Å². The molecule has 2 amide bonds. The van der Waals surface area contributed by atoms with Crippen molar-refractivity contribution in [2.45, 2.75) is 38.6 Å². The summed E-state index contributed by atoms with van der Waals surface area (Å²) in [5.74, 6) is 0. The largest absolute Gasteiger partial charge is 0.353 e. The lowest BCUT2D eigenvalue weighted by molar-refractivity contribution is 0.248. The summed E-state index contributed by atoms with van der Waals surface area (Å²) in [5, 5.41) is 7.23. The van der Waals surface area contributed by atoms with Crippen LogP contribution in [-0.4, -0.2) is 17.1 Å². The van der Waals surface area contributed by atoms with Gasteiger partial charge in [-0.25, -0.2) is 4.79 Å². The molecule has 128 valence electrons. The van der Waals surface area contributed by atoms with E-state index in [0.29, 0.717) is 6.04 Å². The van der Waals surface area contributed by atoms with Crippen molar-refractivity contribution in [2.24, 2.45) is 0 Å². The van der Waals surface area contributed by atoms with E-state index < -0.39 is 0 Å². The summed E-state index contributed by atoms with van der Waals surface area (Å²) < 4.78 is 0. The number of nitrogens with one attached hydrogen (secondary N) is 3. The second kappa shape index (κ2) is 6.63. The number of para-hydroxylation sites is 1. The summed E-state index contributed by atoms with van der Waals surface area (Å²) in [6.45, 7) is 2.07. The van der Waals surface area contributed by atoms with Gasteiger partial charge >= 0.3 is 6.03 Å². The van der Waals surface area contributed by atoms with Gasteiger partial charge < -0.3 is 15.6 Å². The number of carbonyl (C=O) groups is 1. The smallest absolute Gasteiger partial charge is 0.319 e. The number of urea groups is 1. The maximum atomic E-state index is 12.5. The molecule has 4 nitrogen and oxygen atoms in total. The zero-order chi connectivity index (χ0) is 17.2. The topological polar surface area (TPSA) is 56.9 Å². The molecule has 0 radical (unpaired) electrons. The fourth-order valence-electron chi connectivity index (χ4n) is 3.61. The predicted octanol–water partition coefficient (Wildman–Crippen LogP) is 5.21. The molecule has 0 unspecified atom stereocenters. The van der Waals surface area contributed by atoms with E-state index in [-0.39, 0.29) is 6.03 Å². The maximum absolute atomic E-state index is 12.5. The number of aryl methyl sites for hydroxylation is 1. The van der Waals surface area contributed by atoms with Gasteiger partial charge in [-0.3, -0.25) is 0 Å². The first-order valence-corrected chi connectivity index (χ1v) is 8.96. The Hall–Kier alpha value is -2.75. The highest BCUT2D eigenvalue weighted by molar-refractivity contribution is 6.07. The summed E-state index contributed by atoms with van der Waals surface area (Å²) in [6.07, 6.45) is 4.55. The monoisotopic (exact) mass is 333 g/mol. The van der Waals surface area contributed by atoms with Crippen molar-refractivity contribution in [1.82, 2.24) is 10.3 Å². The molecule has 3 aromatic rings. The number of H-pyrrole nitrogens is 1. The van der Waals surface area contributed by atoms with Crippen molar-refractivity contribution < 1.29 is 4.79 Å². The first-order valence-electron chi connectivity index (χ1n) is 8.96. The molecule has 4 heteroatoms. The minimum absolute atomic E-state index is 0.120. The van der Waals surface area contributed by atoms with Crippen LogP contribution in [0.15, 0.2) is 48.5 Å². The van der Waals surface area contributed by atoms with Gasteiger partial charge in [0.1, 0.15) is 0 Å². The van der Waals surface area contributed by atoms with Crippen molar-refractivity contribution in [1.29, 1.82) is 0 Å². The van der Waals surface area contributed by atoms with Crippen LogP contribution in [0.2, 0.25) is 0 Å². The van der Waals surface area contributed by atoms with Crippen molar-refractivity contribution >= 4 is 22.6 Å². The summed E-state index contributed by atoms with van der Waals surface area (Å²) in [4.78, 5) is 16.0. The normalized spacial score (nSPS) is 14.8. The number of benzene rings is 2. The van der Waals surface area contributed by atoms with Crippen molar-refractivity contribution in [2.75, 3.05) is 5.32 Å². The molecule has 1 aliphatic carbocycles. The summed E-state index contributed by atoms with van der Waals surface area (Å²) in [7, 11) is 0. The molecule has 1 fully saturated rings. The molecule has 3 N–H and O–H groups in total. The molecule has 0 aliphatic heterocycles. The summed E-state index contributed by atoms with van der Waals surface area (Å²) >= 11 is 0. The zero-order valence-corrected chi connectivity index (χ0v) is 14.4. The number of carbonyl (C=O) groups excluding carboxylic acids is 1. The van der Waals surface area contributed by atoms with E-state index in [9.17, 15) is 4.79 Å². The Morgan fingerprint density at radius 3 is 2.52 bits per heavy atom. The Bertz CT molecular complexity index is 889. The van der Waals surface area contributed by atoms with Crippen LogP contribution in [0.5, 0.6) is 0 Å². The Balaban J connectivity index is 1.69.